The minimum absolute atomic E-state index is 0.0640. The molecular formula is C23H28FN3O3. The van der Waals surface area contributed by atoms with E-state index in [1.54, 1.807) is 48.4 Å². The van der Waals surface area contributed by atoms with Gasteiger partial charge in [-0.1, -0.05) is 12.1 Å². The predicted molar refractivity (Wildman–Crippen MR) is 114 cm³/mol. The number of amides is 2. The normalized spacial score (nSPS) is 16.3. The minimum atomic E-state index is -0.344. The first kappa shape index (κ1) is 21.8. The lowest BCUT2D eigenvalue weighted by molar-refractivity contribution is -0.133. The lowest BCUT2D eigenvalue weighted by Crippen LogP contribution is -2.46. The van der Waals surface area contributed by atoms with Crippen LogP contribution in [0.15, 0.2) is 48.5 Å². The molecule has 0 radical (unpaired) electrons. The molecule has 1 heterocycles. The molecule has 1 aliphatic heterocycles. The van der Waals surface area contributed by atoms with E-state index in [2.05, 4.69) is 5.32 Å². The van der Waals surface area contributed by atoms with Crippen LogP contribution in [0.3, 0.4) is 0 Å². The van der Waals surface area contributed by atoms with Crippen LogP contribution in [-0.4, -0.2) is 54.4 Å². The van der Waals surface area contributed by atoms with Crippen molar-refractivity contribution in [3.05, 3.63) is 59.9 Å². The molecule has 1 N–H and O–H groups in total. The van der Waals surface area contributed by atoms with Gasteiger partial charge < -0.3 is 15.0 Å². The number of nitrogens with zero attached hydrogens (tertiary/aromatic N) is 2. The maximum Gasteiger partial charge on any atom is 0.241 e. The van der Waals surface area contributed by atoms with Gasteiger partial charge in [0.2, 0.25) is 11.8 Å². The molecule has 3 rings (SSSR count). The summed E-state index contributed by atoms with van der Waals surface area (Å²) in [4.78, 5) is 29.3. The molecule has 0 bridgehead atoms. The fourth-order valence-electron chi connectivity index (χ4n) is 3.72. The molecule has 2 aromatic rings. The number of hydrogen-bond donors (Lipinski definition) is 1. The van der Waals surface area contributed by atoms with E-state index < -0.39 is 0 Å². The standard InChI is InChI=1S/C23H28FN3O3/c1-3-26(15-17-6-4-7-18(24)14-17)22(28)16-27-13-5-8-21(27)23(29)25-19-9-11-20(30-2)12-10-19/h4,6-7,9-12,14,21H,3,5,8,13,15-16H2,1-2H3,(H,25,29). The van der Waals surface area contributed by atoms with Gasteiger partial charge in [-0.15, -0.1) is 0 Å². The molecule has 7 heteroatoms. The summed E-state index contributed by atoms with van der Waals surface area (Å²) in [6, 6.07) is 13.1. The monoisotopic (exact) mass is 413 g/mol. The van der Waals surface area contributed by atoms with Crippen LogP contribution in [0.1, 0.15) is 25.3 Å². The highest BCUT2D eigenvalue weighted by molar-refractivity contribution is 5.95. The highest BCUT2D eigenvalue weighted by Gasteiger charge is 2.32. The van der Waals surface area contributed by atoms with Gasteiger partial charge in [-0.3, -0.25) is 14.5 Å². The molecule has 6 nitrogen and oxygen atoms in total. The van der Waals surface area contributed by atoms with Crippen molar-refractivity contribution in [3.8, 4) is 5.75 Å². The van der Waals surface area contributed by atoms with E-state index in [-0.39, 0.29) is 30.2 Å². The van der Waals surface area contributed by atoms with Crippen molar-refractivity contribution in [3.63, 3.8) is 0 Å². The summed E-state index contributed by atoms with van der Waals surface area (Å²) in [6.07, 6.45) is 1.58. The molecule has 30 heavy (non-hydrogen) atoms. The van der Waals surface area contributed by atoms with Crippen LogP contribution < -0.4 is 10.1 Å². The fraction of sp³-hybridized carbons (Fsp3) is 0.391. The Kier molecular flexibility index (Phi) is 7.41. The molecule has 1 unspecified atom stereocenters. The minimum Gasteiger partial charge on any atom is -0.497 e. The van der Waals surface area contributed by atoms with Crippen LogP contribution >= 0.6 is 0 Å². The Hall–Kier alpha value is -2.93. The summed E-state index contributed by atoms with van der Waals surface area (Å²) in [5.41, 5.74) is 1.45. The number of halogens is 1. The van der Waals surface area contributed by atoms with E-state index in [4.69, 9.17) is 4.74 Å². The zero-order valence-corrected chi connectivity index (χ0v) is 17.4. The van der Waals surface area contributed by atoms with Crippen LogP contribution in [0.25, 0.3) is 0 Å². The number of likely N-dealkylation sites (tertiary alicyclic amines) is 1. The van der Waals surface area contributed by atoms with E-state index in [1.165, 1.54) is 12.1 Å². The third kappa shape index (κ3) is 5.57. The van der Waals surface area contributed by atoms with Gasteiger partial charge in [0.1, 0.15) is 11.6 Å². The van der Waals surface area contributed by atoms with Crippen LogP contribution in [0, 0.1) is 5.82 Å². The van der Waals surface area contributed by atoms with Crippen molar-refractivity contribution in [2.75, 3.05) is 32.1 Å². The fourth-order valence-corrected chi connectivity index (χ4v) is 3.72. The Morgan fingerprint density at radius 2 is 2.00 bits per heavy atom. The van der Waals surface area contributed by atoms with Gasteiger partial charge in [0, 0.05) is 18.8 Å². The molecule has 160 valence electrons. The van der Waals surface area contributed by atoms with Crippen LogP contribution in [0.4, 0.5) is 10.1 Å². The quantitative estimate of drug-likeness (QED) is 0.722. The van der Waals surface area contributed by atoms with Crippen molar-refractivity contribution < 1.29 is 18.7 Å². The molecule has 0 aromatic heterocycles. The Labute approximate surface area is 176 Å². The Morgan fingerprint density at radius 1 is 1.23 bits per heavy atom. The number of ether oxygens (including phenoxy) is 1. The molecule has 1 saturated heterocycles. The van der Waals surface area contributed by atoms with E-state index in [9.17, 15) is 14.0 Å². The van der Waals surface area contributed by atoms with E-state index in [0.717, 1.165) is 17.7 Å². The average molecular weight is 413 g/mol. The summed E-state index contributed by atoms with van der Waals surface area (Å²) >= 11 is 0. The third-order valence-corrected chi connectivity index (χ3v) is 5.36. The lowest BCUT2D eigenvalue weighted by Gasteiger charge is -2.27. The van der Waals surface area contributed by atoms with Gasteiger partial charge >= 0.3 is 0 Å². The topological polar surface area (TPSA) is 61.9 Å². The number of benzene rings is 2. The summed E-state index contributed by atoms with van der Waals surface area (Å²) in [7, 11) is 1.59. The number of methoxy groups -OCH3 is 1. The number of anilines is 1. The molecule has 0 spiro atoms. The van der Waals surface area contributed by atoms with Crippen molar-refractivity contribution in [2.45, 2.75) is 32.4 Å². The SMILES string of the molecule is CCN(Cc1cccc(F)c1)C(=O)CN1CCCC1C(=O)Nc1ccc(OC)cc1. The second kappa shape index (κ2) is 10.2. The summed E-state index contributed by atoms with van der Waals surface area (Å²) in [5.74, 6) is 0.231. The number of rotatable bonds is 8. The van der Waals surface area contributed by atoms with Crippen LogP contribution in [0.2, 0.25) is 0 Å². The molecule has 0 saturated carbocycles. The molecule has 0 aliphatic carbocycles. The zero-order valence-electron chi connectivity index (χ0n) is 17.4. The Bertz CT molecular complexity index is 872. The average Bonchev–Trinajstić information content (AvgIpc) is 3.20. The van der Waals surface area contributed by atoms with Gasteiger partial charge in [-0.2, -0.15) is 0 Å². The van der Waals surface area contributed by atoms with E-state index >= 15 is 0 Å². The van der Waals surface area contributed by atoms with Crippen LogP contribution in [-0.2, 0) is 16.1 Å². The molecule has 2 aromatic carbocycles. The molecule has 1 atom stereocenters. The Balaban J connectivity index is 1.59. The number of carbonyl (C=O) groups excluding carboxylic acids is 2. The molecular weight excluding hydrogens is 385 g/mol. The summed E-state index contributed by atoms with van der Waals surface area (Å²) in [5, 5.41) is 2.92. The largest absolute Gasteiger partial charge is 0.497 e. The maximum absolute atomic E-state index is 13.4. The van der Waals surface area contributed by atoms with Gasteiger partial charge in [0.25, 0.3) is 0 Å². The van der Waals surface area contributed by atoms with Gasteiger partial charge in [-0.25, -0.2) is 4.39 Å². The summed E-state index contributed by atoms with van der Waals surface area (Å²) < 4.78 is 18.6. The predicted octanol–water partition coefficient (Wildman–Crippen LogP) is 3.29. The number of nitrogens with one attached hydrogen (secondary N) is 1. The Morgan fingerprint density at radius 3 is 2.67 bits per heavy atom. The number of hydrogen-bond acceptors (Lipinski definition) is 4. The lowest BCUT2D eigenvalue weighted by atomic mass is 10.2. The van der Waals surface area contributed by atoms with Gasteiger partial charge in [0.05, 0.1) is 19.7 Å². The highest BCUT2D eigenvalue weighted by Crippen LogP contribution is 2.21. The molecule has 2 amide bonds. The first-order valence-electron chi connectivity index (χ1n) is 10.2. The second-order valence-corrected chi connectivity index (χ2v) is 7.38. The van der Waals surface area contributed by atoms with Crippen molar-refractivity contribution >= 4 is 17.5 Å². The number of carbonyl (C=O) groups is 2. The van der Waals surface area contributed by atoms with Crippen LogP contribution in [0.5, 0.6) is 5.75 Å². The molecule has 1 fully saturated rings. The first-order valence-corrected chi connectivity index (χ1v) is 10.2. The van der Waals surface area contributed by atoms with Crippen molar-refractivity contribution in [1.29, 1.82) is 0 Å². The van der Waals surface area contributed by atoms with E-state index in [1.807, 2.05) is 11.8 Å². The van der Waals surface area contributed by atoms with Gasteiger partial charge in [-0.05, 0) is 68.3 Å². The van der Waals surface area contributed by atoms with Crippen molar-refractivity contribution in [1.82, 2.24) is 9.80 Å². The number of likely N-dealkylation sites (N-methyl/N-ethyl adjacent to an activating group) is 1. The molecule has 1 aliphatic rings. The smallest absolute Gasteiger partial charge is 0.241 e. The van der Waals surface area contributed by atoms with Crippen molar-refractivity contribution in [2.24, 2.45) is 0 Å². The zero-order chi connectivity index (χ0) is 21.5. The first-order chi connectivity index (χ1) is 14.5. The van der Waals surface area contributed by atoms with Gasteiger partial charge in [0.15, 0.2) is 0 Å². The summed E-state index contributed by atoms with van der Waals surface area (Å²) in [6.45, 7) is 3.64. The van der Waals surface area contributed by atoms with E-state index in [0.29, 0.717) is 31.7 Å². The highest BCUT2D eigenvalue weighted by atomic mass is 19.1. The maximum atomic E-state index is 13.4. The third-order valence-electron chi connectivity index (χ3n) is 5.36. The second-order valence-electron chi connectivity index (χ2n) is 7.38.